The third-order valence-corrected chi connectivity index (χ3v) is 4.33. The van der Waals surface area contributed by atoms with E-state index < -0.39 is 6.10 Å². The summed E-state index contributed by atoms with van der Waals surface area (Å²) in [5, 5.41) is 9.87. The van der Waals surface area contributed by atoms with E-state index in [1.807, 2.05) is 6.07 Å². The fourth-order valence-electron chi connectivity index (χ4n) is 3.29. The van der Waals surface area contributed by atoms with Gasteiger partial charge in [-0.05, 0) is 38.2 Å². The predicted molar refractivity (Wildman–Crippen MR) is 81.5 cm³/mol. The van der Waals surface area contributed by atoms with E-state index in [1.165, 1.54) is 25.3 Å². The van der Waals surface area contributed by atoms with E-state index in [-0.39, 0.29) is 5.82 Å². The molecule has 20 heavy (non-hydrogen) atoms. The standard InChI is InChI=1S/C17H26FNO/c1-3-6-14-7-5-11-19(12-10-14)17-15(13(2)20)8-4-9-16(17)18/h4,8-9,13-14,20H,3,5-7,10-12H2,1-2H3/t13-,14?/m0/s1. The van der Waals surface area contributed by atoms with Gasteiger partial charge >= 0.3 is 0 Å². The Hall–Kier alpha value is -1.09. The molecule has 0 aliphatic carbocycles. The SMILES string of the molecule is CCCC1CCCN(c2c(F)cccc2[C@H](C)O)CC1. The minimum absolute atomic E-state index is 0.211. The molecule has 0 bridgehead atoms. The largest absolute Gasteiger partial charge is 0.389 e. The Morgan fingerprint density at radius 2 is 2.15 bits per heavy atom. The predicted octanol–water partition coefficient (Wildman–Crippen LogP) is 4.29. The summed E-state index contributed by atoms with van der Waals surface area (Å²) in [6.07, 6.45) is 5.34. The Labute approximate surface area is 121 Å². The van der Waals surface area contributed by atoms with Gasteiger partial charge in [0.25, 0.3) is 0 Å². The molecule has 1 heterocycles. The lowest BCUT2D eigenvalue weighted by molar-refractivity contribution is 0.199. The van der Waals surface area contributed by atoms with Crippen molar-refractivity contribution in [1.82, 2.24) is 0 Å². The average molecular weight is 279 g/mol. The van der Waals surface area contributed by atoms with Crippen molar-refractivity contribution < 1.29 is 9.50 Å². The third kappa shape index (κ3) is 3.51. The molecule has 2 atom stereocenters. The summed E-state index contributed by atoms with van der Waals surface area (Å²) < 4.78 is 14.2. The molecule has 1 aliphatic heterocycles. The summed E-state index contributed by atoms with van der Waals surface area (Å²) >= 11 is 0. The zero-order valence-corrected chi connectivity index (χ0v) is 12.6. The van der Waals surface area contributed by atoms with Crippen molar-refractivity contribution in [2.45, 2.75) is 52.1 Å². The van der Waals surface area contributed by atoms with Crippen molar-refractivity contribution in [3.8, 4) is 0 Å². The highest BCUT2D eigenvalue weighted by atomic mass is 19.1. The number of hydrogen-bond donors (Lipinski definition) is 1. The van der Waals surface area contributed by atoms with Gasteiger partial charge < -0.3 is 10.0 Å². The molecule has 112 valence electrons. The average Bonchev–Trinajstić information content (AvgIpc) is 2.64. The molecule has 2 rings (SSSR count). The summed E-state index contributed by atoms with van der Waals surface area (Å²) in [5.74, 6) is 0.559. The van der Waals surface area contributed by atoms with Crippen LogP contribution >= 0.6 is 0 Å². The van der Waals surface area contributed by atoms with E-state index in [4.69, 9.17) is 0 Å². The van der Waals surface area contributed by atoms with Crippen LogP contribution in [0.1, 0.15) is 57.6 Å². The topological polar surface area (TPSA) is 23.5 Å². The molecule has 0 saturated carbocycles. The second-order valence-corrected chi connectivity index (χ2v) is 5.93. The summed E-state index contributed by atoms with van der Waals surface area (Å²) in [6, 6.07) is 5.01. The lowest BCUT2D eigenvalue weighted by Gasteiger charge is -2.27. The van der Waals surface area contributed by atoms with Crippen molar-refractivity contribution >= 4 is 5.69 Å². The van der Waals surface area contributed by atoms with Crippen LogP contribution in [-0.4, -0.2) is 18.2 Å². The Morgan fingerprint density at radius 1 is 1.35 bits per heavy atom. The first-order valence-electron chi connectivity index (χ1n) is 7.85. The molecule has 0 amide bonds. The smallest absolute Gasteiger partial charge is 0.146 e. The maximum absolute atomic E-state index is 14.2. The number of anilines is 1. The van der Waals surface area contributed by atoms with Crippen molar-refractivity contribution in [3.63, 3.8) is 0 Å². The lowest BCUT2D eigenvalue weighted by Crippen LogP contribution is -2.27. The Balaban J connectivity index is 2.19. The quantitative estimate of drug-likeness (QED) is 0.889. The van der Waals surface area contributed by atoms with Gasteiger partial charge in [-0.15, -0.1) is 0 Å². The number of benzene rings is 1. The molecule has 1 N–H and O–H groups in total. The first-order chi connectivity index (χ1) is 9.63. The van der Waals surface area contributed by atoms with E-state index in [1.54, 1.807) is 13.0 Å². The van der Waals surface area contributed by atoms with Crippen LogP contribution in [0.25, 0.3) is 0 Å². The number of rotatable bonds is 4. The highest BCUT2D eigenvalue weighted by Gasteiger charge is 2.22. The lowest BCUT2D eigenvalue weighted by atomic mass is 9.96. The fraction of sp³-hybridized carbons (Fsp3) is 0.647. The van der Waals surface area contributed by atoms with Crippen LogP contribution in [0.15, 0.2) is 18.2 Å². The van der Waals surface area contributed by atoms with Crippen LogP contribution in [0.4, 0.5) is 10.1 Å². The molecular weight excluding hydrogens is 253 g/mol. The Kier molecular flexibility index (Phi) is 5.41. The van der Waals surface area contributed by atoms with Gasteiger partial charge in [-0.2, -0.15) is 0 Å². The number of nitrogens with zero attached hydrogens (tertiary/aromatic N) is 1. The summed E-state index contributed by atoms with van der Waals surface area (Å²) in [6.45, 7) is 5.72. The number of hydrogen-bond acceptors (Lipinski definition) is 2. The van der Waals surface area contributed by atoms with Gasteiger partial charge in [-0.3, -0.25) is 0 Å². The minimum atomic E-state index is -0.629. The van der Waals surface area contributed by atoms with Crippen molar-refractivity contribution in [2.24, 2.45) is 5.92 Å². The second-order valence-electron chi connectivity index (χ2n) is 5.93. The molecule has 0 aromatic heterocycles. The molecule has 1 unspecified atom stereocenters. The summed E-state index contributed by atoms with van der Waals surface area (Å²) in [7, 11) is 0. The van der Waals surface area contributed by atoms with Crippen LogP contribution in [-0.2, 0) is 0 Å². The maximum Gasteiger partial charge on any atom is 0.146 e. The minimum Gasteiger partial charge on any atom is -0.389 e. The van der Waals surface area contributed by atoms with E-state index in [2.05, 4.69) is 11.8 Å². The van der Waals surface area contributed by atoms with Crippen LogP contribution < -0.4 is 4.90 Å². The molecule has 1 fully saturated rings. The van der Waals surface area contributed by atoms with E-state index in [9.17, 15) is 9.50 Å². The van der Waals surface area contributed by atoms with Gasteiger partial charge in [0, 0.05) is 18.7 Å². The number of halogens is 1. The van der Waals surface area contributed by atoms with Gasteiger partial charge in [0.1, 0.15) is 5.82 Å². The van der Waals surface area contributed by atoms with E-state index in [0.29, 0.717) is 11.3 Å². The maximum atomic E-state index is 14.2. The molecule has 0 radical (unpaired) electrons. The molecule has 2 nitrogen and oxygen atoms in total. The monoisotopic (exact) mass is 279 g/mol. The van der Waals surface area contributed by atoms with Crippen molar-refractivity contribution in [3.05, 3.63) is 29.6 Å². The molecule has 1 saturated heterocycles. The fourth-order valence-corrected chi connectivity index (χ4v) is 3.29. The summed E-state index contributed by atoms with van der Waals surface area (Å²) in [5.41, 5.74) is 1.32. The van der Waals surface area contributed by atoms with Gasteiger partial charge in [-0.25, -0.2) is 4.39 Å². The molecule has 0 spiro atoms. The Morgan fingerprint density at radius 3 is 2.85 bits per heavy atom. The first kappa shape index (κ1) is 15.3. The Bertz CT molecular complexity index is 433. The zero-order chi connectivity index (χ0) is 14.5. The van der Waals surface area contributed by atoms with Gasteiger partial charge in [-0.1, -0.05) is 31.9 Å². The number of aliphatic hydroxyl groups is 1. The molecule has 1 aliphatic rings. The van der Waals surface area contributed by atoms with Crippen LogP contribution in [0.3, 0.4) is 0 Å². The number of para-hydroxylation sites is 1. The van der Waals surface area contributed by atoms with E-state index in [0.717, 1.165) is 31.8 Å². The van der Waals surface area contributed by atoms with Crippen molar-refractivity contribution in [1.29, 1.82) is 0 Å². The van der Waals surface area contributed by atoms with Crippen LogP contribution in [0, 0.1) is 11.7 Å². The van der Waals surface area contributed by atoms with Crippen molar-refractivity contribution in [2.75, 3.05) is 18.0 Å². The molecule has 3 heteroatoms. The van der Waals surface area contributed by atoms with Gasteiger partial charge in [0.05, 0.1) is 11.8 Å². The normalized spacial score (nSPS) is 21.6. The highest BCUT2D eigenvalue weighted by Crippen LogP contribution is 2.32. The highest BCUT2D eigenvalue weighted by molar-refractivity contribution is 5.56. The van der Waals surface area contributed by atoms with Crippen LogP contribution in [0.5, 0.6) is 0 Å². The molecular formula is C17H26FNO. The number of aliphatic hydroxyl groups excluding tert-OH is 1. The van der Waals surface area contributed by atoms with Crippen LogP contribution in [0.2, 0.25) is 0 Å². The zero-order valence-electron chi connectivity index (χ0n) is 12.6. The summed E-state index contributed by atoms with van der Waals surface area (Å²) in [4.78, 5) is 2.13. The molecule has 1 aromatic carbocycles. The third-order valence-electron chi connectivity index (χ3n) is 4.33. The second kappa shape index (κ2) is 7.07. The molecule has 1 aromatic rings. The first-order valence-corrected chi connectivity index (χ1v) is 7.85. The van der Waals surface area contributed by atoms with Gasteiger partial charge in [0.15, 0.2) is 0 Å². The van der Waals surface area contributed by atoms with E-state index >= 15 is 0 Å². The van der Waals surface area contributed by atoms with Gasteiger partial charge in [0.2, 0.25) is 0 Å².